The van der Waals surface area contributed by atoms with Gasteiger partial charge in [0.05, 0.1) is 4.90 Å². The van der Waals surface area contributed by atoms with Gasteiger partial charge in [-0.15, -0.1) is 0 Å². The van der Waals surface area contributed by atoms with Crippen LogP contribution in [0.25, 0.3) is 0 Å². The van der Waals surface area contributed by atoms with Crippen molar-refractivity contribution in [2.75, 3.05) is 20.6 Å². The van der Waals surface area contributed by atoms with Crippen LogP contribution in [0.15, 0.2) is 23.1 Å². The fourth-order valence-electron chi connectivity index (χ4n) is 1.78. The van der Waals surface area contributed by atoms with Crippen LogP contribution >= 0.6 is 11.6 Å². The van der Waals surface area contributed by atoms with E-state index in [2.05, 4.69) is 4.72 Å². The lowest BCUT2D eigenvalue weighted by atomic mass is 10.2. The predicted molar refractivity (Wildman–Crippen MR) is 77.7 cm³/mol. The first-order valence-corrected chi connectivity index (χ1v) is 7.78. The maximum absolute atomic E-state index is 12.2. The molecule has 1 aromatic carbocycles. The fraction of sp³-hybridized carbons (Fsp3) is 0.500. The fourth-order valence-corrected chi connectivity index (χ4v) is 3.36. The number of benzene rings is 1. The number of likely N-dealkylation sites (N-methyl/N-ethyl adjacent to an activating group) is 1. The SMILES string of the molecule is CC(CN(C)C)NS(=O)(=O)c1ccc(CN)c(Cl)c1. The second-order valence-corrected chi connectivity index (χ2v) is 6.86. The average molecular weight is 306 g/mol. The number of nitrogens with zero attached hydrogens (tertiary/aromatic N) is 1. The number of hydrogen-bond acceptors (Lipinski definition) is 4. The molecule has 1 unspecified atom stereocenters. The summed E-state index contributed by atoms with van der Waals surface area (Å²) in [6, 6.07) is 4.38. The Morgan fingerprint density at radius 3 is 2.53 bits per heavy atom. The Kier molecular flexibility index (Phi) is 5.76. The summed E-state index contributed by atoms with van der Waals surface area (Å²) in [5, 5.41) is 0.366. The highest BCUT2D eigenvalue weighted by molar-refractivity contribution is 7.89. The maximum atomic E-state index is 12.2. The van der Waals surface area contributed by atoms with E-state index in [4.69, 9.17) is 17.3 Å². The van der Waals surface area contributed by atoms with E-state index in [-0.39, 0.29) is 17.5 Å². The minimum atomic E-state index is -3.55. The van der Waals surface area contributed by atoms with Gasteiger partial charge in [-0.3, -0.25) is 0 Å². The second-order valence-electron chi connectivity index (χ2n) is 4.74. The van der Waals surface area contributed by atoms with E-state index in [1.807, 2.05) is 25.9 Å². The average Bonchev–Trinajstić information content (AvgIpc) is 2.26. The van der Waals surface area contributed by atoms with Crippen LogP contribution < -0.4 is 10.5 Å². The summed E-state index contributed by atoms with van der Waals surface area (Å²) in [6.07, 6.45) is 0. The summed E-state index contributed by atoms with van der Waals surface area (Å²) in [7, 11) is 0.219. The van der Waals surface area contributed by atoms with Gasteiger partial charge < -0.3 is 10.6 Å². The third-order valence-corrected chi connectivity index (χ3v) is 4.49. The molecule has 108 valence electrons. The normalized spacial score (nSPS) is 13.8. The highest BCUT2D eigenvalue weighted by Crippen LogP contribution is 2.20. The van der Waals surface area contributed by atoms with Crippen LogP contribution in [0, 0.1) is 0 Å². The molecule has 0 aliphatic carbocycles. The quantitative estimate of drug-likeness (QED) is 0.823. The molecule has 19 heavy (non-hydrogen) atoms. The Bertz CT molecular complexity index is 532. The maximum Gasteiger partial charge on any atom is 0.240 e. The van der Waals surface area contributed by atoms with E-state index < -0.39 is 10.0 Å². The van der Waals surface area contributed by atoms with Crippen molar-refractivity contribution in [2.45, 2.75) is 24.4 Å². The first-order valence-electron chi connectivity index (χ1n) is 5.92. The van der Waals surface area contributed by atoms with Crippen molar-refractivity contribution in [1.82, 2.24) is 9.62 Å². The van der Waals surface area contributed by atoms with Crippen molar-refractivity contribution in [1.29, 1.82) is 0 Å². The highest BCUT2D eigenvalue weighted by atomic mass is 35.5. The minimum Gasteiger partial charge on any atom is -0.326 e. The zero-order valence-electron chi connectivity index (χ0n) is 11.4. The van der Waals surface area contributed by atoms with E-state index in [1.165, 1.54) is 12.1 Å². The lowest BCUT2D eigenvalue weighted by Gasteiger charge is -2.18. The predicted octanol–water partition coefficient (Wildman–Crippen LogP) is 1.03. The number of nitrogens with one attached hydrogen (secondary N) is 1. The standard InChI is InChI=1S/C12H20ClN3O2S/c1-9(8-16(2)3)15-19(17,18)11-5-4-10(7-14)12(13)6-11/h4-6,9,15H,7-8,14H2,1-3H3. The summed E-state index contributed by atoms with van der Waals surface area (Å²) in [4.78, 5) is 2.07. The molecule has 0 bridgehead atoms. The van der Waals surface area contributed by atoms with Crippen molar-refractivity contribution in [2.24, 2.45) is 5.73 Å². The van der Waals surface area contributed by atoms with Gasteiger partial charge in [0.2, 0.25) is 10.0 Å². The summed E-state index contributed by atoms with van der Waals surface area (Å²) in [5.41, 5.74) is 6.21. The Hall–Kier alpha value is -0.660. The molecule has 0 aliphatic rings. The molecule has 0 aromatic heterocycles. The molecule has 7 heteroatoms. The van der Waals surface area contributed by atoms with Crippen LogP contribution in [0.5, 0.6) is 0 Å². The summed E-state index contributed by atoms with van der Waals surface area (Å²) in [5.74, 6) is 0. The van der Waals surface area contributed by atoms with E-state index in [0.29, 0.717) is 11.6 Å². The zero-order chi connectivity index (χ0) is 14.6. The van der Waals surface area contributed by atoms with Crippen LogP contribution in [-0.2, 0) is 16.6 Å². The molecule has 0 heterocycles. The van der Waals surface area contributed by atoms with Crippen LogP contribution in [0.1, 0.15) is 12.5 Å². The molecule has 1 aromatic rings. The zero-order valence-corrected chi connectivity index (χ0v) is 12.9. The molecule has 0 spiro atoms. The van der Waals surface area contributed by atoms with Gasteiger partial charge >= 0.3 is 0 Å². The van der Waals surface area contributed by atoms with E-state index in [0.717, 1.165) is 5.56 Å². The first-order chi connectivity index (χ1) is 8.76. The molecule has 5 nitrogen and oxygen atoms in total. The summed E-state index contributed by atoms with van der Waals surface area (Å²) >= 11 is 5.98. The molecule has 0 amide bonds. The van der Waals surface area contributed by atoms with Gasteiger partial charge in [0.15, 0.2) is 0 Å². The van der Waals surface area contributed by atoms with Crippen molar-refractivity contribution in [3.8, 4) is 0 Å². The molecule has 0 aliphatic heterocycles. The van der Waals surface area contributed by atoms with Gasteiger partial charge in [-0.05, 0) is 38.7 Å². The van der Waals surface area contributed by atoms with Gasteiger partial charge in [0.1, 0.15) is 0 Å². The summed E-state index contributed by atoms with van der Waals surface area (Å²) in [6.45, 7) is 2.71. The topological polar surface area (TPSA) is 75.4 Å². The van der Waals surface area contributed by atoms with Crippen LogP contribution in [0.2, 0.25) is 5.02 Å². The van der Waals surface area contributed by atoms with E-state index in [1.54, 1.807) is 6.07 Å². The monoisotopic (exact) mass is 305 g/mol. The molecule has 1 rings (SSSR count). The smallest absolute Gasteiger partial charge is 0.240 e. The summed E-state index contributed by atoms with van der Waals surface area (Å²) < 4.78 is 26.9. The molecular formula is C12H20ClN3O2S. The number of hydrogen-bond donors (Lipinski definition) is 2. The lowest BCUT2D eigenvalue weighted by Crippen LogP contribution is -2.39. The van der Waals surface area contributed by atoms with E-state index >= 15 is 0 Å². The molecule has 0 fully saturated rings. The highest BCUT2D eigenvalue weighted by Gasteiger charge is 2.18. The number of rotatable bonds is 6. The minimum absolute atomic E-state index is 0.153. The van der Waals surface area contributed by atoms with Gasteiger partial charge in [-0.1, -0.05) is 17.7 Å². The molecule has 1 atom stereocenters. The third kappa shape index (κ3) is 4.74. The molecule has 0 radical (unpaired) electrons. The van der Waals surface area contributed by atoms with Crippen molar-refractivity contribution < 1.29 is 8.42 Å². The Balaban J connectivity index is 2.91. The van der Waals surface area contributed by atoms with Crippen molar-refractivity contribution in [3.05, 3.63) is 28.8 Å². The van der Waals surface area contributed by atoms with Gasteiger partial charge in [0, 0.05) is 24.2 Å². The molecule has 0 saturated carbocycles. The Morgan fingerprint density at radius 2 is 2.05 bits per heavy atom. The molecular weight excluding hydrogens is 286 g/mol. The number of halogens is 1. The van der Waals surface area contributed by atoms with Gasteiger partial charge in [-0.2, -0.15) is 0 Å². The number of nitrogens with two attached hydrogens (primary N) is 1. The van der Waals surface area contributed by atoms with Gasteiger partial charge in [0.25, 0.3) is 0 Å². The Labute approximate surface area is 119 Å². The largest absolute Gasteiger partial charge is 0.326 e. The second kappa shape index (κ2) is 6.67. The van der Waals surface area contributed by atoms with E-state index in [9.17, 15) is 8.42 Å². The third-order valence-electron chi connectivity index (χ3n) is 2.55. The Morgan fingerprint density at radius 1 is 1.42 bits per heavy atom. The lowest BCUT2D eigenvalue weighted by molar-refractivity contribution is 0.370. The van der Waals surface area contributed by atoms with Crippen molar-refractivity contribution in [3.63, 3.8) is 0 Å². The van der Waals surface area contributed by atoms with Gasteiger partial charge in [-0.25, -0.2) is 13.1 Å². The first kappa shape index (κ1) is 16.4. The van der Waals surface area contributed by atoms with Crippen molar-refractivity contribution >= 4 is 21.6 Å². The van der Waals surface area contributed by atoms with Crippen LogP contribution in [-0.4, -0.2) is 40.0 Å². The van der Waals surface area contributed by atoms with Crippen LogP contribution in [0.3, 0.4) is 0 Å². The molecule has 0 saturated heterocycles. The van der Waals surface area contributed by atoms with Crippen LogP contribution in [0.4, 0.5) is 0 Å². The number of sulfonamides is 1. The molecule has 3 N–H and O–H groups in total.